The highest BCUT2D eigenvalue weighted by atomic mass is 32.2. The predicted molar refractivity (Wildman–Crippen MR) is 109 cm³/mol. The van der Waals surface area contributed by atoms with Crippen molar-refractivity contribution in [2.75, 3.05) is 4.72 Å². The number of nitro benzene ring substituents is 1. The largest absolute Gasteiger partial charge is 0.306 e. The zero-order chi connectivity index (χ0) is 20.6. The zero-order valence-electron chi connectivity index (χ0n) is 15.3. The first-order valence-corrected chi connectivity index (χ1v) is 10.1. The van der Waals surface area contributed by atoms with Crippen LogP contribution in [0.25, 0.3) is 16.9 Å². The highest BCUT2D eigenvalue weighted by Gasteiger charge is 2.20. The number of nitrogens with zero attached hydrogens (tertiary/aromatic N) is 3. The Hall–Kier alpha value is -3.72. The summed E-state index contributed by atoms with van der Waals surface area (Å²) >= 11 is 0. The predicted octanol–water partition coefficient (Wildman–Crippen LogP) is 4.02. The summed E-state index contributed by atoms with van der Waals surface area (Å²) in [5.74, 6) is 0. The first-order chi connectivity index (χ1) is 13.8. The average molecular weight is 408 g/mol. The Kier molecular flexibility index (Phi) is 4.51. The third-order valence-corrected chi connectivity index (χ3v) is 5.83. The second-order valence-electron chi connectivity index (χ2n) is 6.45. The summed E-state index contributed by atoms with van der Waals surface area (Å²) in [4.78, 5) is 14.8. The van der Waals surface area contributed by atoms with Crippen molar-refractivity contribution in [3.8, 4) is 11.3 Å². The maximum atomic E-state index is 12.8. The number of aryl methyl sites for hydroxylation is 1. The van der Waals surface area contributed by atoms with Crippen LogP contribution in [0.3, 0.4) is 0 Å². The van der Waals surface area contributed by atoms with E-state index in [1.54, 1.807) is 24.3 Å². The van der Waals surface area contributed by atoms with E-state index in [1.165, 1.54) is 18.2 Å². The standard InChI is InChI=1S/C20H16N4O4S/c1-14-6-5-11-23-13-19(21-20(14)23)17-9-2-3-10-18(17)22-29(27,28)16-8-4-7-15(12-16)24(25)26/h2-13,22H,1H3. The molecule has 0 bridgehead atoms. The number of nitro groups is 1. The van der Waals surface area contributed by atoms with Crippen LogP contribution in [-0.2, 0) is 10.0 Å². The molecule has 0 unspecified atom stereocenters. The number of hydrogen-bond donors (Lipinski definition) is 1. The minimum absolute atomic E-state index is 0.188. The minimum atomic E-state index is -4.03. The molecule has 0 aliphatic heterocycles. The first-order valence-electron chi connectivity index (χ1n) is 8.66. The number of nitrogens with one attached hydrogen (secondary N) is 1. The van der Waals surface area contributed by atoms with E-state index in [2.05, 4.69) is 9.71 Å². The Morgan fingerprint density at radius 3 is 2.62 bits per heavy atom. The van der Waals surface area contributed by atoms with Gasteiger partial charge in [-0.1, -0.05) is 30.3 Å². The van der Waals surface area contributed by atoms with Gasteiger partial charge in [-0.3, -0.25) is 14.8 Å². The highest BCUT2D eigenvalue weighted by molar-refractivity contribution is 7.92. The molecule has 4 aromatic rings. The number of para-hydroxylation sites is 1. The smallest absolute Gasteiger partial charge is 0.270 e. The molecule has 29 heavy (non-hydrogen) atoms. The minimum Gasteiger partial charge on any atom is -0.306 e. The molecule has 0 spiro atoms. The van der Waals surface area contributed by atoms with Crippen LogP contribution in [-0.4, -0.2) is 22.7 Å². The number of hydrogen-bond acceptors (Lipinski definition) is 5. The summed E-state index contributed by atoms with van der Waals surface area (Å²) in [7, 11) is -4.03. The van der Waals surface area contributed by atoms with Gasteiger partial charge in [-0.2, -0.15) is 0 Å². The van der Waals surface area contributed by atoms with Crippen molar-refractivity contribution in [1.29, 1.82) is 0 Å². The highest BCUT2D eigenvalue weighted by Crippen LogP contribution is 2.30. The summed E-state index contributed by atoms with van der Waals surface area (Å²) in [5.41, 5.74) is 3.02. The van der Waals surface area contributed by atoms with Crippen molar-refractivity contribution in [3.05, 3.63) is 88.7 Å². The van der Waals surface area contributed by atoms with Crippen LogP contribution in [0.4, 0.5) is 11.4 Å². The fourth-order valence-corrected chi connectivity index (χ4v) is 4.17. The third kappa shape index (κ3) is 3.55. The van der Waals surface area contributed by atoms with Crippen LogP contribution >= 0.6 is 0 Å². The number of anilines is 1. The van der Waals surface area contributed by atoms with Gasteiger partial charge in [0.15, 0.2) is 0 Å². The van der Waals surface area contributed by atoms with E-state index in [-0.39, 0.29) is 10.6 Å². The molecular weight excluding hydrogens is 392 g/mol. The lowest BCUT2D eigenvalue weighted by Crippen LogP contribution is -2.13. The maximum absolute atomic E-state index is 12.8. The summed E-state index contributed by atoms with van der Waals surface area (Å²) in [6.45, 7) is 1.95. The lowest BCUT2D eigenvalue weighted by Gasteiger charge is -2.11. The monoisotopic (exact) mass is 408 g/mol. The average Bonchev–Trinajstić information content (AvgIpc) is 3.14. The van der Waals surface area contributed by atoms with Crippen molar-refractivity contribution in [2.45, 2.75) is 11.8 Å². The van der Waals surface area contributed by atoms with E-state index in [0.29, 0.717) is 16.9 Å². The molecule has 2 aromatic carbocycles. The molecule has 0 fully saturated rings. The van der Waals surface area contributed by atoms with Gasteiger partial charge in [0.1, 0.15) is 5.65 Å². The van der Waals surface area contributed by atoms with Gasteiger partial charge in [0.05, 0.1) is 21.2 Å². The Morgan fingerprint density at radius 2 is 1.86 bits per heavy atom. The molecule has 2 aromatic heterocycles. The molecule has 0 radical (unpaired) electrons. The lowest BCUT2D eigenvalue weighted by molar-refractivity contribution is -0.385. The van der Waals surface area contributed by atoms with Gasteiger partial charge < -0.3 is 4.40 Å². The van der Waals surface area contributed by atoms with Crippen molar-refractivity contribution >= 4 is 27.0 Å². The van der Waals surface area contributed by atoms with Gasteiger partial charge in [0.2, 0.25) is 0 Å². The van der Waals surface area contributed by atoms with E-state index < -0.39 is 14.9 Å². The zero-order valence-corrected chi connectivity index (χ0v) is 16.1. The third-order valence-electron chi connectivity index (χ3n) is 4.46. The number of rotatable bonds is 5. The normalized spacial score (nSPS) is 11.5. The maximum Gasteiger partial charge on any atom is 0.270 e. The van der Waals surface area contributed by atoms with Crippen LogP contribution in [0.2, 0.25) is 0 Å². The molecule has 0 amide bonds. The molecule has 8 nitrogen and oxygen atoms in total. The quantitative estimate of drug-likeness (QED) is 0.396. The molecule has 0 aliphatic rings. The summed E-state index contributed by atoms with van der Waals surface area (Å²) < 4.78 is 30.1. The van der Waals surface area contributed by atoms with Crippen molar-refractivity contribution < 1.29 is 13.3 Å². The fraction of sp³-hybridized carbons (Fsp3) is 0.0500. The van der Waals surface area contributed by atoms with Crippen molar-refractivity contribution in [2.24, 2.45) is 0 Å². The molecule has 0 atom stereocenters. The van der Waals surface area contributed by atoms with E-state index in [9.17, 15) is 18.5 Å². The number of pyridine rings is 1. The number of non-ortho nitro benzene ring substituents is 1. The van der Waals surface area contributed by atoms with E-state index in [4.69, 9.17) is 0 Å². The molecule has 2 heterocycles. The SMILES string of the molecule is Cc1cccn2cc(-c3ccccc3NS(=O)(=O)c3cccc([N+](=O)[O-])c3)nc12. The van der Waals surface area contributed by atoms with Gasteiger partial charge in [-0.25, -0.2) is 13.4 Å². The second kappa shape index (κ2) is 7.02. The van der Waals surface area contributed by atoms with Gasteiger partial charge in [0.25, 0.3) is 15.7 Å². The van der Waals surface area contributed by atoms with E-state index in [1.807, 2.05) is 35.9 Å². The summed E-state index contributed by atoms with van der Waals surface area (Å²) in [6, 6.07) is 15.7. The molecule has 0 aliphatic carbocycles. The molecule has 9 heteroatoms. The Bertz CT molecular complexity index is 1350. The Balaban J connectivity index is 1.76. The van der Waals surface area contributed by atoms with Crippen LogP contribution in [0.1, 0.15) is 5.56 Å². The van der Waals surface area contributed by atoms with Crippen molar-refractivity contribution in [3.63, 3.8) is 0 Å². The van der Waals surface area contributed by atoms with Crippen LogP contribution in [0.5, 0.6) is 0 Å². The van der Waals surface area contributed by atoms with E-state index in [0.717, 1.165) is 17.3 Å². The van der Waals surface area contributed by atoms with Gasteiger partial charge in [0, 0.05) is 30.1 Å². The number of benzene rings is 2. The molecule has 0 saturated heterocycles. The molecular formula is C20H16N4O4S. The summed E-state index contributed by atoms with van der Waals surface area (Å²) in [6.07, 6.45) is 3.69. The molecule has 0 saturated carbocycles. The fourth-order valence-electron chi connectivity index (χ4n) is 3.05. The van der Waals surface area contributed by atoms with Gasteiger partial charge in [-0.05, 0) is 30.7 Å². The van der Waals surface area contributed by atoms with Crippen molar-refractivity contribution in [1.82, 2.24) is 9.38 Å². The van der Waals surface area contributed by atoms with Crippen LogP contribution < -0.4 is 4.72 Å². The van der Waals surface area contributed by atoms with Crippen LogP contribution in [0, 0.1) is 17.0 Å². The second-order valence-corrected chi connectivity index (χ2v) is 8.14. The van der Waals surface area contributed by atoms with Crippen LogP contribution in [0.15, 0.2) is 78.0 Å². The summed E-state index contributed by atoms with van der Waals surface area (Å²) in [5, 5.41) is 11.0. The Morgan fingerprint density at radius 1 is 1.07 bits per heavy atom. The molecule has 4 rings (SSSR count). The number of aromatic nitrogens is 2. The number of imidazole rings is 1. The van der Waals surface area contributed by atoms with Gasteiger partial charge in [-0.15, -0.1) is 0 Å². The number of fused-ring (bicyclic) bond motifs is 1. The Labute approximate surface area is 166 Å². The molecule has 1 N–H and O–H groups in total. The lowest BCUT2D eigenvalue weighted by atomic mass is 10.1. The topological polar surface area (TPSA) is 107 Å². The van der Waals surface area contributed by atoms with Gasteiger partial charge >= 0.3 is 0 Å². The number of sulfonamides is 1. The first kappa shape index (κ1) is 18.6. The van der Waals surface area contributed by atoms with E-state index >= 15 is 0 Å². The molecule has 146 valence electrons.